The van der Waals surface area contributed by atoms with E-state index >= 15 is 0 Å². The second-order valence-electron chi connectivity index (χ2n) is 4.84. The summed E-state index contributed by atoms with van der Waals surface area (Å²) >= 11 is 1.30. The Bertz CT molecular complexity index is 795. The van der Waals surface area contributed by atoms with Gasteiger partial charge in [0, 0.05) is 22.5 Å². The molecule has 2 heterocycles. The van der Waals surface area contributed by atoms with Crippen LogP contribution in [0.5, 0.6) is 0 Å². The third-order valence-electron chi connectivity index (χ3n) is 3.39. The molecule has 0 bridgehead atoms. The third kappa shape index (κ3) is 2.42. The number of fused-ring (bicyclic) bond motifs is 1. The molecular formula is C15H14FN3OS. The number of nitrogens with one attached hydrogen (secondary N) is 2. The van der Waals surface area contributed by atoms with Crippen LogP contribution in [-0.4, -0.2) is 15.9 Å². The van der Waals surface area contributed by atoms with Crippen molar-refractivity contribution < 1.29 is 9.18 Å². The van der Waals surface area contributed by atoms with Crippen LogP contribution in [0.4, 0.5) is 4.39 Å². The summed E-state index contributed by atoms with van der Waals surface area (Å²) < 4.78 is 14.7. The van der Waals surface area contributed by atoms with Crippen molar-refractivity contribution >= 4 is 27.3 Å². The smallest absolute Gasteiger partial charge is 0.262 e. The molecule has 1 aromatic carbocycles. The highest BCUT2D eigenvalue weighted by Crippen LogP contribution is 2.32. The normalized spacial score (nSPS) is 12.5. The summed E-state index contributed by atoms with van der Waals surface area (Å²) in [4.78, 5) is 20.0. The summed E-state index contributed by atoms with van der Waals surface area (Å²) in [6, 6.07) is 4.65. The molecule has 2 aromatic heterocycles. The van der Waals surface area contributed by atoms with Crippen molar-refractivity contribution in [3.63, 3.8) is 0 Å². The van der Waals surface area contributed by atoms with E-state index < -0.39 is 0 Å². The summed E-state index contributed by atoms with van der Waals surface area (Å²) in [5.74, 6) is 0.185. The van der Waals surface area contributed by atoms with E-state index in [1.54, 1.807) is 25.4 Å². The first-order valence-corrected chi connectivity index (χ1v) is 7.37. The van der Waals surface area contributed by atoms with Gasteiger partial charge in [-0.05, 0) is 31.5 Å². The van der Waals surface area contributed by atoms with Gasteiger partial charge in [-0.25, -0.2) is 9.37 Å². The van der Waals surface area contributed by atoms with E-state index in [-0.39, 0.29) is 17.8 Å². The van der Waals surface area contributed by atoms with Gasteiger partial charge in [0.15, 0.2) is 0 Å². The molecule has 0 aliphatic heterocycles. The average molecular weight is 303 g/mol. The fourth-order valence-corrected chi connectivity index (χ4v) is 3.44. The van der Waals surface area contributed by atoms with Gasteiger partial charge in [0.05, 0.1) is 10.9 Å². The van der Waals surface area contributed by atoms with Crippen LogP contribution in [-0.2, 0) is 0 Å². The number of H-pyrrole nitrogens is 1. The van der Waals surface area contributed by atoms with Crippen molar-refractivity contribution in [2.75, 3.05) is 0 Å². The van der Waals surface area contributed by atoms with E-state index in [9.17, 15) is 9.18 Å². The molecule has 3 rings (SSSR count). The van der Waals surface area contributed by atoms with Crippen LogP contribution < -0.4 is 5.32 Å². The second-order valence-corrected chi connectivity index (χ2v) is 5.89. The van der Waals surface area contributed by atoms with Gasteiger partial charge < -0.3 is 10.3 Å². The number of halogens is 1. The molecule has 6 heteroatoms. The zero-order chi connectivity index (χ0) is 15.0. The van der Waals surface area contributed by atoms with Gasteiger partial charge in [-0.1, -0.05) is 6.07 Å². The number of thiophene rings is 1. The molecule has 3 aromatic rings. The SMILES string of the molecule is Cc1c(C(=O)NC(C)c2ncc[nH]2)sc2cccc(F)c12. The minimum atomic E-state index is -0.292. The highest BCUT2D eigenvalue weighted by molar-refractivity contribution is 7.21. The first-order chi connectivity index (χ1) is 10.1. The number of hydrogen-bond donors (Lipinski definition) is 2. The third-order valence-corrected chi connectivity index (χ3v) is 4.64. The van der Waals surface area contributed by atoms with Crippen molar-refractivity contribution in [1.29, 1.82) is 0 Å². The van der Waals surface area contributed by atoms with Gasteiger partial charge in [0.1, 0.15) is 11.6 Å². The molecule has 1 unspecified atom stereocenters. The molecule has 21 heavy (non-hydrogen) atoms. The Labute approximate surface area is 125 Å². The first kappa shape index (κ1) is 13.8. The number of imidazole rings is 1. The van der Waals surface area contributed by atoms with E-state index in [4.69, 9.17) is 0 Å². The van der Waals surface area contributed by atoms with Gasteiger partial charge in [0.2, 0.25) is 0 Å². The summed E-state index contributed by atoms with van der Waals surface area (Å²) in [7, 11) is 0. The maximum absolute atomic E-state index is 13.9. The Kier molecular flexibility index (Phi) is 3.47. The maximum Gasteiger partial charge on any atom is 0.262 e. The quantitative estimate of drug-likeness (QED) is 0.777. The van der Waals surface area contributed by atoms with Crippen LogP contribution in [0, 0.1) is 12.7 Å². The van der Waals surface area contributed by atoms with Crippen LogP contribution in [0.15, 0.2) is 30.6 Å². The lowest BCUT2D eigenvalue weighted by Crippen LogP contribution is -2.27. The molecule has 108 valence electrons. The maximum atomic E-state index is 13.9. The fourth-order valence-electron chi connectivity index (χ4n) is 2.31. The summed E-state index contributed by atoms with van der Waals surface area (Å²) in [6.07, 6.45) is 3.34. The topological polar surface area (TPSA) is 57.8 Å². The van der Waals surface area contributed by atoms with Gasteiger partial charge in [-0.2, -0.15) is 0 Å². The minimum absolute atomic E-state index is 0.211. The number of nitrogens with zero attached hydrogens (tertiary/aromatic N) is 1. The predicted octanol–water partition coefficient (Wildman–Crippen LogP) is 3.56. The van der Waals surface area contributed by atoms with Crippen molar-refractivity contribution in [2.24, 2.45) is 0 Å². The molecule has 1 atom stereocenters. The molecule has 0 spiro atoms. The highest BCUT2D eigenvalue weighted by Gasteiger charge is 2.20. The number of hydrogen-bond acceptors (Lipinski definition) is 3. The van der Waals surface area contributed by atoms with Crippen molar-refractivity contribution in [3.05, 3.63) is 52.7 Å². The number of aromatic nitrogens is 2. The Hall–Kier alpha value is -2.21. The zero-order valence-corrected chi connectivity index (χ0v) is 12.4. The monoisotopic (exact) mass is 303 g/mol. The van der Waals surface area contributed by atoms with Gasteiger partial charge >= 0.3 is 0 Å². The summed E-state index contributed by atoms with van der Waals surface area (Å²) in [5, 5.41) is 3.40. The van der Waals surface area contributed by atoms with E-state index in [0.29, 0.717) is 21.7 Å². The van der Waals surface area contributed by atoms with E-state index in [1.165, 1.54) is 17.4 Å². The molecule has 0 aliphatic rings. The van der Waals surface area contributed by atoms with Crippen LogP contribution in [0.25, 0.3) is 10.1 Å². The Morgan fingerprint density at radius 3 is 2.95 bits per heavy atom. The number of aryl methyl sites for hydroxylation is 1. The fraction of sp³-hybridized carbons (Fsp3) is 0.200. The first-order valence-electron chi connectivity index (χ1n) is 6.55. The van der Waals surface area contributed by atoms with Crippen LogP contribution in [0.3, 0.4) is 0 Å². The molecule has 2 N–H and O–H groups in total. The molecule has 0 aliphatic carbocycles. The van der Waals surface area contributed by atoms with Crippen LogP contribution in [0.1, 0.15) is 34.0 Å². The minimum Gasteiger partial charge on any atom is -0.347 e. The lowest BCUT2D eigenvalue weighted by Gasteiger charge is -2.10. The van der Waals surface area contributed by atoms with Crippen LogP contribution in [0.2, 0.25) is 0 Å². The molecule has 0 saturated heterocycles. The largest absolute Gasteiger partial charge is 0.347 e. The van der Waals surface area contributed by atoms with E-state index in [2.05, 4.69) is 15.3 Å². The number of carbonyl (C=O) groups is 1. The van der Waals surface area contributed by atoms with Crippen molar-refractivity contribution in [1.82, 2.24) is 15.3 Å². The Balaban J connectivity index is 1.92. The molecule has 4 nitrogen and oxygen atoms in total. The molecule has 1 amide bonds. The number of carbonyl (C=O) groups excluding carboxylic acids is 1. The molecule has 0 radical (unpaired) electrons. The van der Waals surface area contributed by atoms with E-state index in [0.717, 1.165) is 4.70 Å². The highest BCUT2D eigenvalue weighted by atomic mass is 32.1. The summed E-state index contributed by atoms with van der Waals surface area (Å²) in [5.41, 5.74) is 0.678. The molecular weight excluding hydrogens is 289 g/mol. The van der Waals surface area contributed by atoms with Crippen molar-refractivity contribution in [3.8, 4) is 0 Å². The lowest BCUT2D eigenvalue weighted by molar-refractivity contribution is 0.0942. The summed E-state index contributed by atoms with van der Waals surface area (Å²) in [6.45, 7) is 3.62. The predicted molar refractivity (Wildman–Crippen MR) is 81.0 cm³/mol. The van der Waals surface area contributed by atoms with Crippen molar-refractivity contribution in [2.45, 2.75) is 19.9 Å². The Morgan fingerprint density at radius 2 is 2.29 bits per heavy atom. The van der Waals surface area contributed by atoms with E-state index in [1.807, 2.05) is 13.0 Å². The number of aromatic amines is 1. The van der Waals surface area contributed by atoms with Gasteiger partial charge in [0.25, 0.3) is 5.91 Å². The van der Waals surface area contributed by atoms with Gasteiger partial charge in [-0.15, -0.1) is 11.3 Å². The number of rotatable bonds is 3. The Morgan fingerprint density at radius 1 is 1.48 bits per heavy atom. The zero-order valence-electron chi connectivity index (χ0n) is 11.6. The molecule has 0 saturated carbocycles. The number of benzene rings is 1. The second kappa shape index (κ2) is 5.29. The van der Waals surface area contributed by atoms with Crippen LogP contribution >= 0.6 is 11.3 Å². The standard InChI is InChI=1S/C15H14FN3OS/c1-8-12-10(16)4-3-5-11(12)21-13(8)15(20)19-9(2)14-17-6-7-18-14/h3-7,9H,1-2H3,(H,17,18)(H,19,20). The average Bonchev–Trinajstić information content (AvgIpc) is 3.07. The number of amides is 1. The van der Waals surface area contributed by atoms with Gasteiger partial charge in [-0.3, -0.25) is 4.79 Å². The lowest BCUT2D eigenvalue weighted by atomic mass is 10.1. The molecule has 0 fully saturated rings.